The first-order valence-electron chi connectivity index (χ1n) is 19.6. The molecule has 2 saturated heterocycles. The maximum atomic E-state index is 12.9. The van der Waals surface area contributed by atoms with Gasteiger partial charge in [-0.3, -0.25) is 23.4 Å². The standard InChI is InChI=1S/C20H25N5O3.C15H17N3O3S.C7H14N2O/c1-12-4-5-17(28-3)15(10-12)18(27)16-11-22-20(24-19(16)21)23-14-6-8-25(9-7-14)13(2)26;1-4-22(20)15-17-8-11(14(16)18-15)13(19)10-7-9(2)5-6-12(10)21-3;1-6(10)9-4-2-7(8)3-5-9/h4-5,10-11,14H,6-9H2,1-3H3,(H3,21,22,23,24);5-8H,4H2,1-3H3,(H2,16,17,18);7H,2-5,8H2,1H3. The van der Waals surface area contributed by atoms with E-state index in [1.54, 1.807) is 45.0 Å². The number of hydrogen-bond donors (Lipinski definition) is 4. The molecule has 0 aliphatic carbocycles. The van der Waals surface area contributed by atoms with E-state index >= 15 is 0 Å². The average Bonchev–Trinajstić information content (AvgIpc) is 3.23. The van der Waals surface area contributed by atoms with Gasteiger partial charge in [0.05, 0.1) is 47.3 Å². The maximum absolute atomic E-state index is 12.9. The van der Waals surface area contributed by atoms with Crippen LogP contribution in [0, 0.1) is 13.8 Å². The number of carbonyl (C=O) groups excluding carboxylic acids is 4. The van der Waals surface area contributed by atoms with Crippen LogP contribution in [-0.2, 0) is 20.4 Å². The topological polar surface area (TPSA) is 252 Å². The molecule has 18 heteroatoms. The molecule has 322 valence electrons. The molecule has 1 unspecified atom stereocenters. The Labute approximate surface area is 353 Å². The van der Waals surface area contributed by atoms with Crippen LogP contribution in [0.3, 0.4) is 0 Å². The molecule has 2 aromatic heterocycles. The molecule has 2 aromatic carbocycles. The van der Waals surface area contributed by atoms with Crippen molar-refractivity contribution in [3.8, 4) is 11.5 Å². The van der Waals surface area contributed by atoms with Gasteiger partial charge >= 0.3 is 0 Å². The SMILES string of the molecule is CC(=O)N1CCC(N)CC1.CCS(=O)c1ncc(C(=O)c2cc(C)ccc2OC)c(N)n1.COc1ccc(C)cc1C(=O)c1cnc(NC2CCN(C(C)=O)CC2)nc1N. The Balaban J connectivity index is 0.000000220. The van der Waals surface area contributed by atoms with E-state index in [1.165, 1.54) is 26.6 Å². The predicted molar refractivity (Wildman–Crippen MR) is 231 cm³/mol. The fraction of sp³-hybridized carbons (Fsp3) is 0.429. The van der Waals surface area contributed by atoms with Gasteiger partial charge in [-0.1, -0.05) is 30.2 Å². The lowest BCUT2D eigenvalue weighted by Crippen LogP contribution is -2.41. The van der Waals surface area contributed by atoms with Crippen LogP contribution in [0.25, 0.3) is 0 Å². The highest BCUT2D eigenvalue weighted by Crippen LogP contribution is 2.26. The normalized spacial score (nSPS) is 14.7. The van der Waals surface area contributed by atoms with E-state index < -0.39 is 10.8 Å². The quantitative estimate of drug-likeness (QED) is 0.131. The highest BCUT2D eigenvalue weighted by molar-refractivity contribution is 7.84. The Morgan fingerprint density at radius 3 is 1.60 bits per heavy atom. The number of benzene rings is 2. The second-order valence-electron chi connectivity index (χ2n) is 14.4. The molecule has 0 saturated carbocycles. The minimum absolute atomic E-state index is 0.0142. The molecular weight excluding hydrogens is 789 g/mol. The highest BCUT2D eigenvalue weighted by Gasteiger charge is 2.24. The van der Waals surface area contributed by atoms with E-state index in [2.05, 4.69) is 25.3 Å². The molecular formula is C42H56N10O7S. The van der Waals surface area contributed by atoms with Crippen molar-refractivity contribution >= 4 is 51.8 Å². The number of piperidine rings is 2. The number of aromatic nitrogens is 4. The van der Waals surface area contributed by atoms with Gasteiger partial charge < -0.3 is 41.8 Å². The molecule has 0 spiro atoms. The van der Waals surface area contributed by atoms with Gasteiger partial charge in [-0.25, -0.2) is 15.0 Å². The number of ether oxygens (including phenoxy) is 2. The number of nitrogen functional groups attached to an aromatic ring is 2. The minimum Gasteiger partial charge on any atom is -0.496 e. The number of aryl methyl sites for hydroxylation is 2. The molecule has 60 heavy (non-hydrogen) atoms. The number of carbonyl (C=O) groups is 4. The first-order chi connectivity index (χ1) is 28.6. The number of amides is 2. The van der Waals surface area contributed by atoms with E-state index in [-0.39, 0.29) is 57.3 Å². The lowest BCUT2D eigenvalue weighted by atomic mass is 10.0. The van der Waals surface area contributed by atoms with Crippen molar-refractivity contribution in [2.45, 2.75) is 77.5 Å². The van der Waals surface area contributed by atoms with Gasteiger partial charge in [0, 0.05) is 70.3 Å². The average molecular weight is 845 g/mol. The van der Waals surface area contributed by atoms with E-state index in [9.17, 15) is 23.4 Å². The molecule has 2 aliphatic rings. The number of hydrogen-bond acceptors (Lipinski definition) is 15. The van der Waals surface area contributed by atoms with Gasteiger partial charge in [0.25, 0.3) is 0 Å². The van der Waals surface area contributed by atoms with Crippen LogP contribution in [0.1, 0.15) is 89.4 Å². The Morgan fingerprint density at radius 2 is 1.18 bits per heavy atom. The van der Waals surface area contributed by atoms with Crippen molar-refractivity contribution < 1.29 is 32.9 Å². The minimum atomic E-state index is -1.31. The molecule has 17 nitrogen and oxygen atoms in total. The summed E-state index contributed by atoms with van der Waals surface area (Å²) in [6.45, 7) is 11.8. The van der Waals surface area contributed by atoms with Crippen molar-refractivity contribution in [2.75, 3.05) is 62.9 Å². The van der Waals surface area contributed by atoms with E-state index in [1.807, 2.05) is 35.8 Å². The Kier molecular flexibility index (Phi) is 17.0. The monoisotopic (exact) mass is 844 g/mol. The molecule has 2 fully saturated rings. The van der Waals surface area contributed by atoms with Crippen LogP contribution >= 0.6 is 0 Å². The number of nitrogens with one attached hydrogen (secondary N) is 1. The third-order valence-electron chi connectivity index (χ3n) is 10.0. The first-order valence-corrected chi connectivity index (χ1v) is 20.9. The highest BCUT2D eigenvalue weighted by atomic mass is 32.2. The van der Waals surface area contributed by atoms with Crippen molar-refractivity contribution in [3.05, 3.63) is 82.2 Å². The first kappa shape index (κ1) is 46.7. The molecule has 0 radical (unpaired) electrons. The lowest BCUT2D eigenvalue weighted by Gasteiger charge is -2.31. The molecule has 6 rings (SSSR count). The third kappa shape index (κ3) is 12.5. The zero-order valence-corrected chi connectivity index (χ0v) is 36.1. The summed E-state index contributed by atoms with van der Waals surface area (Å²) in [6.07, 6.45) is 6.29. The fourth-order valence-electron chi connectivity index (χ4n) is 6.46. The number of likely N-dealkylation sites (tertiary alicyclic amines) is 2. The smallest absolute Gasteiger partial charge is 0.224 e. The number of methoxy groups -OCH3 is 2. The second-order valence-corrected chi connectivity index (χ2v) is 16.0. The zero-order chi connectivity index (χ0) is 44.1. The maximum Gasteiger partial charge on any atom is 0.224 e. The summed E-state index contributed by atoms with van der Waals surface area (Å²) in [6, 6.07) is 11.2. The van der Waals surface area contributed by atoms with Crippen LogP contribution in [-0.4, -0.2) is 116 Å². The number of rotatable bonds is 10. The summed E-state index contributed by atoms with van der Waals surface area (Å²) in [7, 11) is 1.70. The molecule has 0 bridgehead atoms. The van der Waals surface area contributed by atoms with Gasteiger partial charge in [0.1, 0.15) is 23.1 Å². The van der Waals surface area contributed by atoms with E-state index in [0.717, 1.165) is 49.9 Å². The Bertz CT molecular complexity index is 2190. The summed E-state index contributed by atoms with van der Waals surface area (Å²) in [5, 5.41) is 3.37. The summed E-state index contributed by atoms with van der Waals surface area (Å²) >= 11 is 0. The molecule has 4 heterocycles. The van der Waals surface area contributed by atoms with Crippen LogP contribution in [0.2, 0.25) is 0 Å². The van der Waals surface area contributed by atoms with E-state index in [4.69, 9.17) is 26.7 Å². The van der Waals surface area contributed by atoms with Gasteiger partial charge in [0.2, 0.25) is 34.5 Å². The van der Waals surface area contributed by atoms with Crippen LogP contribution in [0.4, 0.5) is 17.6 Å². The summed E-state index contributed by atoms with van der Waals surface area (Å²) < 4.78 is 22.2. The summed E-state index contributed by atoms with van der Waals surface area (Å²) in [5.74, 6) is 1.50. The van der Waals surface area contributed by atoms with Crippen molar-refractivity contribution in [3.63, 3.8) is 0 Å². The lowest BCUT2D eigenvalue weighted by molar-refractivity contribution is -0.130. The van der Waals surface area contributed by atoms with Crippen LogP contribution < -0.4 is 32.0 Å². The fourth-order valence-corrected chi connectivity index (χ4v) is 7.08. The van der Waals surface area contributed by atoms with Crippen molar-refractivity contribution in [2.24, 2.45) is 5.73 Å². The number of nitrogens with two attached hydrogens (primary N) is 3. The van der Waals surface area contributed by atoms with Crippen LogP contribution in [0.5, 0.6) is 11.5 Å². The molecule has 2 aliphatic heterocycles. The molecule has 1 atom stereocenters. The predicted octanol–water partition coefficient (Wildman–Crippen LogP) is 3.72. The molecule has 4 aromatic rings. The molecule has 2 amide bonds. The number of anilines is 3. The zero-order valence-electron chi connectivity index (χ0n) is 35.3. The third-order valence-corrected chi connectivity index (χ3v) is 11.2. The number of nitrogens with zero attached hydrogens (tertiary/aromatic N) is 6. The summed E-state index contributed by atoms with van der Waals surface area (Å²) in [4.78, 5) is 67.9. The Morgan fingerprint density at radius 1 is 0.733 bits per heavy atom. The van der Waals surface area contributed by atoms with Gasteiger partial charge in [-0.15, -0.1) is 0 Å². The second kappa shape index (κ2) is 21.8. The van der Waals surface area contributed by atoms with Crippen LogP contribution in [0.15, 0.2) is 53.9 Å². The Hall–Kier alpha value is -6.01. The van der Waals surface area contributed by atoms with Gasteiger partial charge in [-0.05, 0) is 63.8 Å². The largest absolute Gasteiger partial charge is 0.496 e. The summed E-state index contributed by atoms with van der Waals surface area (Å²) in [5.41, 5.74) is 20.6. The van der Waals surface area contributed by atoms with Crippen molar-refractivity contribution in [1.29, 1.82) is 0 Å². The number of ketones is 2. The van der Waals surface area contributed by atoms with E-state index in [0.29, 0.717) is 53.5 Å². The van der Waals surface area contributed by atoms with Gasteiger partial charge in [0.15, 0.2) is 0 Å². The molecule has 7 N–H and O–H groups in total. The van der Waals surface area contributed by atoms with Gasteiger partial charge in [-0.2, -0.15) is 4.98 Å². The van der Waals surface area contributed by atoms with Crippen molar-refractivity contribution in [1.82, 2.24) is 29.7 Å².